The summed E-state index contributed by atoms with van der Waals surface area (Å²) in [6.07, 6.45) is 0.947. The molecule has 0 unspecified atom stereocenters. The molecular formula is C27H30N2O3. The van der Waals surface area contributed by atoms with Gasteiger partial charge >= 0.3 is 0 Å². The molecule has 0 spiro atoms. The number of anilines is 1. The number of carbonyl (C=O) groups excluding carboxylic acids is 2. The van der Waals surface area contributed by atoms with Crippen LogP contribution in [0.5, 0.6) is 5.75 Å². The van der Waals surface area contributed by atoms with Gasteiger partial charge in [0.15, 0.2) is 0 Å². The highest BCUT2D eigenvalue weighted by molar-refractivity contribution is 6.09. The highest BCUT2D eigenvalue weighted by Gasteiger charge is 2.18. The van der Waals surface area contributed by atoms with Gasteiger partial charge in [-0.15, -0.1) is 0 Å². The summed E-state index contributed by atoms with van der Waals surface area (Å²) in [4.78, 5) is 27.6. The molecule has 0 aliphatic rings. The maximum atomic E-state index is 13.1. The Labute approximate surface area is 190 Å². The number of para-hydroxylation sites is 1. The Morgan fingerprint density at radius 2 is 1.66 bits per heavy atom. The van der Waals surface area contributed by atoms with Crippen molar-refractivity contribution in [1.29, 1.82) is 0 Å². The van der Waals surface area contributed by atoms with E-state index in [1.54, 1.807) is 54.4 Å². The van der Waals surface area contributed by atoms with Gasteiger partial charge in [0.2, 0.25) is 0 Å². The first-order valence-corrected chi connectivity index (χ1v) is 10.9. The standard InChI is InChI=1S/C27H30N2O3/c1-20(2)16-17-32-23-13-9-12-22(18-23)26(30)28-25-15-8-7-14-24(25)27(31)29(3)19-21-10-5-4-6-11-21/h4-15,18,20H,16-17,19H2,1-3H3,(H,28,30). The third kappa shape index (κ3) is 6.45. The maximum absolute atomic E-state index is 13.1. The van der Waals surface area contributed by atoms with Gasteiger partial charge in [-0.3, -0.25) is 9.59 Å². The number of nitrogens with one attached hydrogen (secondary N) is 1. The number of rotatable bonds is 9. The van der Waals surface area contributed by atoms with E-state index >= 15 is 0 Å². The molecule has 2 amide bonds. The summed E-state index contributed by atoms with van der Waals surface area (Å²) < 4.78 is 5.77. The van der Waals surface area contributed by atoms with E-state index in [0.717, 1.165) is 12.0 Å². The molecule has 3 aromatic rings. The van der Waals surface area contributed by atoms with E-state index < -0.39 is 0 Å². The molecule has 0 bridgehead atoms. The number of carbonyl (C=O) groups is 2. The predicted octanol–water partition coefficient (Wildman–Crippen LogP) is 5.64. The van der Waals surface area contributed by atoms with Gasteiger partial charge in [0.25, 0.3) is 11.8 Å². The lowest BCUT2D eigenvalue weighted by Gasteiger charge is -2.19. The highest BCUT2D eigenvalue weighted by Crippen LogP contribution is 2.21. The Hall–Kier alpha value is -3.60. The average Bonchev–Trinajstić information content (AvgIpc) is 2.79. The molecule has 1 N–H and O–H groups in total. The molecule has 3 aromatic carbocycles. The van der Waals surface area contributed by atoms with Crippen LogP contribution in [0.1, 0.15) is 46.5 Å². The SMILES string of the molecule is CC(C)CCOc1cccc(C(=O)Nc2ccccc2C(=O)N(C)Cc2ccccc2)c1. The summed E-state index contributed by atoms with van der Waals surface area (Å²) in [6.45, 7) is 5.37. The molecule has 32 heavy (non-hydrogen) atoms. The van der Waals surface area contributed by atoms with Crippen molar-refractivity contribution in [2.75, 3.05) is 19.0 Å². The van der Waals surface area contributed by atoms with Gasteiger partial charge in [-0.05, 0) is 48.2 Å². The van der Waals surface area contributed by atoms with E-state index in [2.05, 4.69) is 19.2 Å². The van der Waals surface area contributed by atoms with Crippen molar-refractivity contribution in [3.05, 3.63) is 95.6 Å². The van der Waals surface area contributed by atoms with Crippen LogP contribution in [0.15, 0.2) is 78.9 Å². The van der Waals surface area contributed by atoms with Crippen molar-refractivity contribution >= 4 is 17.5 Å². The number of hydrogen-bond acceptors (Lipinski definition) is 3. The van der Waals surface area contributed by atoms with Crippen molar-refractivity contribution < 1.29 is 14.3 Å². The summed E-state index contributed by atoms with van der Waals surface area (Å²) >= 11 is 0. The maximum Gasteiger partial charge on any atom is 0.256 e. The quantitative estimate of drug-likeness (QED) is 0.478. The van der Waals surface area contributed by atoms with Crippen LogP contribution in [0.2, 0.25) is 0 Å². The fourth-order valence-electron chi connectivity index (χ4n) is 3.25. The number of benzene rings is 3. The molecule has 5 heteroatoms. The van der Waals surface area contributed by atoms with E-state index in [1.165, 1.54) is 0 Å². The predicted molar refractivity (Wildman–Crippen MR) is 128 cm³/mol. The second kappa shape index (κ2) is 11.1. The minimum absolute atomic E-state index is 0.157. The van der Waals surface area contributed by atoms with Crippen LogP contribution in [-0.4, -0.2) is 30.4 Å². The van der Waals surface area contributed by atoms with Crippen molar-refractivity contribution in [3.63, 3.8) is 0 Å². The monoisotopic (exact) mass is 430 g/mol. The first-order valence-electron chi connectivity index (χ1n) is 10.9. The Morgan fingerprint density at radius 3 is 2.41 bits per heavy atom. The Balaban J connectivity index is 1.70. The first kappa shape index (κ1) is 23.1. The molecular weight excluding hydrogens is 400 g/mol. The molecule has 0 saturated heterocycles. The normalized spacial score (nSPS) is 10.6. The number of amides is 2. The van der Waals surface area contributed by atoms with Crippen molar-refractivity contribution in [2.24, 2.45) is 5.92 Å². The number of ether oxygens (including phenoxy) is 1. The van der Waals surface area contributed by atoms with E-state index in [-0.39, 0.29) is 11.8 Å². The van der Waals surface area contributed by atoms with E-state index in [4.69, 9.17) is 4.74 Å². The molecule has 3 rings (SSSR count). The fourth-order valence-corrected chi connectivity index (χ4v) is 3.25. The zero-order valence-electron chi connectivity index (χ0n) is 18.9. The van der Waals surface area contributed by atoms with E-state index in [9.17, 15) is 9.59 Å². The lowest BCUT2D eigenvalue weighted by Crippen LogP contribution is -2.27. The van der Waals surface area contributed by atoms with Crippen molar-refractivity contribution in [2.45, 2.75) is 26.8 Å². The summed E-state index contributed by atoms with van der Waals surface area (Å²) in [5.74, 6) is 0.765. The Morgan fingerprint density at radius 1 is 0.938 bits per heavy atom. The van der Waals surface area contributed by atoms with Crippen LogP contribution in [0, 0.1) is 5.92 Å². The zero-order valence-corrected chi connectivity index (χ0v) is 18.9. The molecule has 0 saturated carbocycles. The lowest BCUT2D eigenvalue weighted by molar-refractivity contribution is 0.0786. The zero-order chi connectivity index (χ0) is 22.9. The summed E-state index contributed by atoms with van der Waals surface area (Å²) in [6, 6.07) is 24.0. The van der Waals surface area contributed by atoms with E-state index in [0.29, 0.717) is 41.6 Å². The second-order valence-corrected chi connectivity index (χ2v) is 8.21. The molecule has 0 radical (unpaired) electrons. The smallest absolute Gasteiger partial charge is 0.256 e. The van der Waals surface area contributed by atoms with Crippen LogP contribution in [-0.2, 0) is 6.54 Å². The van der Waals surface area contributed by atoms with Gasteiger partial charge in [0.1, 0.15) is 5.75 Å². The number of hydrogen-bond donors (Lipinski definition) is 1. The van der Waals surface area contributed by atoms with Crippen LogP contribution >= 0.6 is 0 Å². The van der Waals surface area contributed by atoms with Gasteiger partial charge in [-0.2, -0.15) is 0 Å². The molecule has 0 atom stereocenters. The lowest BCUT2D eigenvalue weighted by atomic mass is 10.1. The minimum atomic E-state index is -0.287. The molecule has 0 aliphatic carbocycles. The average molecular weight is 431 g/mol. The van der Waals surface area contributed by atoms with Gasteiger partial charge < -0.3 is 15.0 Å². The largest absolute Gasteiger partial charge is 0.494 e. The van der Waals surface area contributed by atoms with Crippen LogP contribution in [0.25, 0.3) is 0 Å². The van der Waals surface area contributed by atoms with Crippen LogP contribution in [0.3, 0.4) is 0 Å². The fraction of sp³-hybridized carbons (Fsp3) is 0.259. The van der Waals surface area contributed by atoms with Gasteiger partial charge in [-0.25, -0.2) is 0 Å². The minimum Gasteiger partial charge on any atom is -0.494 e. The molecule has 0 heterocycles. The molecule has 166 valence electrons. The van der Waals surface area contributed by atoms with Crippen LogP contribution in [0.4, 0.5) is 5.69 Å². The van der Waals surface area contributed by atoms with Crippen molar-refractivity contribution in [3.8, 4) is 5.75 Å². The second-order valence-electron chi connectivity index (χ2n) is 8.21. The number of nitrogens with zero attached hydrogens (tertiary/aromatic N) is 1. The Bertz CT molecular complexity index is 1050. The molecule has 0 fully saturated rings. The molecule has 5 nitrogen and oxygen atoms in total. The topological polar surface area (TPSA) is 58.6 Å². The van der Waals surface area contributed by atoms with Crippen molar-refractivity contribution in [1.82, 2.24) is 4.90 Å². The van der Waals surface area contributed by atoms with Gasteiger partial charge in [0.05, 0.1) is 17.9 Å². The van der Waals surface area contributed by atoms with E-state index in [1.807, 2.05) is 36.4 Å². The summed E-state index contributed by atoms with van der Waals surface area (Å²) in [5, 5.41) is 2.89. The van der Waals surface area contributed by atoms with Gasteiger partial charge in [0, 0.05) is 19.2 Å². The molecule has 0 aliphatic heterocycles. The first-order chi connectivity index (χ1) is 15.4. The third-order valence-electron chi connectivity index (χ3n) is 5.08. The highest BCUT2D eigenvalue weighted by atomic mass is 16.5. The Kier molecular flexibility index (Phi) is 8.03. The molecule has 0 aromatic heterocycles. The van der Waals surface area contributed by atoms with Crippen LogP contribution < -0.4 is 10.1 Å². The third-order valence-corrected chi connectivity index (χ3v) is 5.08. The van der Waals surface area contributed by atoms with Gasteiger partial charge in [-0.1, -0.05) is 62.4 Å². The summed E-state index contributed by atoms with van der Waals surface area (Å²) in [5.41, 5.74) is 2.45. The summed E-state index contributed by atoms with van der Waals surface area (Å²) in [7, 11) is 1.76.